The molecule has 2 aromatic rings. The standard InChI is InChI=1S/C16H20NSi/c1-13-5-9-15(10-6-13)17(18(3)4)16-11-7-14(2)8-12-16/h5-12H,1-4H3. The molecule has 0 aliphatic rings. The number of nitrogens with zero attached hydrogens (tertiary/aromatic N) is 1. The topological polar surface area (TPSA) is 3.24 Å². The van der Waals surface area contributed by atoms with E-state index in [-0.39, 0.29) is 0 Å². The van der Waals surface area contributed by atoms with Crippen LogP contribution in [0.3, 0.4) is 0 Å². The summed E-state index contributed by atoms with van der Waals surface area (Å²) in [6.07, 6.45) is 0. The molecular weight excluding hydrogens is 234 g/mol. The molecule has 18 heavy (non-hydrogen) atoms. The largest absolute Gasteiger partial charge is 0.369 e. The van der Waals surface area contributed by atoms with Gasteiger partial charge in [-0.3, -0.25) is 0 Å². The highest BCUT2D eigenvalue weighted by atomic mass is 28.3. The average Bonchev–Trinajstić information content (AvgIpc) is 2.34. The summed E-state index contributed by atoms with van der Waals surface area (Å²) in [6, 6.07) is 17.6. The normalized spacial score (nSPS) is 10.7. The third kappa shape index (κ3) is 2.82. The number of rotatable bonds is 3. The maximum atomic E-state index is 2.46. The van der Waals surface area contributed by atoms with Crippen LogP contribution >= 0.6 is 0 Å². The van der Waals surface area contributed by atoms with Crippen LogP contribution in [0.25, 0.3) is 0 Å². The van der Waals surface area contributed by atoms with E-state index in [0.717, 1.165) is 0 Å². The summed E-state index contributed by atoms with van der Waals surface area (Å²) in [7, 11) is -0.570. The molecule has 0 atom stereocenters. The first-order valence-corrected chi connectivity index (χ1v) is 8.76. The molecule has 0 spiro atoms. The van der Waals surface area contributed by atoms with Crippen molar-refractivity contribution in [1.29, 1.82) is 0 Å². The fourth-order valence-electron chi connectivity index (χ4n) is 2.05. The molecule has 0 unspecified atom stereocenters. The van der Waals surface area contributed by atoms with Gasteiger partial charge in [0.2, 0.25) is 0 Å². The number of aryl methyl sites for hydroxylation is 2. The van der Waals surface area contributed by atoms with E-state index in [9.17, 15) is 0 Å². The third-order valence-electron chi connectivity index (χ3n) is 3.03. The minimum Gasteiger partial charge on any atom is -0.369 e. The van der Waals surface area contributed by atoms with Gasteiger partial charge in [-0.05, 0) is 38.1 Å². The first-order chi connectivity index (χ1) is 8.58. The van der Waals surface area contributed by atoms with Crippen molar-refractivity contribution >= 4 is 20.3 Å². The zero-order chi connectivity index (χ0) is 13.1. The van der Waals surface area contributed by atoms with Gasteiger partial charge in [0.25, 0.3) is 0 Å². The van der Waals surface area contributed by atoms with Crippen LogP contribution < -0.4 is 4.57 Å². The Kier molecular flexibility index (Phi) is 3.87. The van der Waals surface area contributed by atoms with Crippen LogP contribution in [-0.4, -0.2) is 8.96 Å². The van der Waals surface area contributed by atoms with Crippen molar-refractivity contribution in [3.05, 3.63) is 59.7 Å². The molecular formula is C16H20NSi. The van der Waals surface area contributed by atoms with Gasteiger partial charge < -0.3 is 4.57 Å². The van der Waals surface area contributed by atoms with Crippen LogP contribution in [0.4, 0.5) is 11.4 Å². The van der Waals surface area contributed by atoms with Gasteiger partial charge in [-0.15, -0.1) is 0 Å². The van der Waals surface area contributed by atoms with Crippen LogP contribution in [0.1, 0.15) is 11.1 Å². The molecule has 0 bridgehead atoms. The molecule has 0 N–H and O–H groups in total. The second-order valence-electron chi connectivity index (χ2n) is 4.95. The van der Waals surface area contributed by atoms with Crippen molar-refractivity contribution in [3.8, 4) is 0 Å². The zero-order valence-electron chi connectivity index (χ0n) is 11.6. The SMILES string of the molecule is Cc1ccc(N(c2ccc(C)cc2)[Si](C)C)cc1. The summed E-state index contributed by atoms with van der Waals surface area (Å²) in [6.45, 7) is 8.91. The molecule has 0 amide bonds. The van der Waals surface area contributed by atoms with Gasteiger partial charge in [-0.1, -0.05) is 48.5 Å². The third-order valence-corrected chi connectivity index (χ3v) is 4.44. The van der Waals surface area contributed by atoms with Crippen LogP contribution in [-0.2, 0) is 0 Å². The molecule has 1 radical (unpaired) electrons. The Hall–Kier alpha value is -1.54. The molecule has 0 aromatic heterocycles. The van der Waals surface area contributed by atoms with Gasteiger partial charge in [0, 0.05) is 11.4 Å². The Bertz CT molecular complexity index is 454. The van der Waals surface area contributed by atoms with Crippen molar-refractivity contribution in [2.45, 2.75) is 26.9 Å². The van der Waals surface area contributed by atoms with E-state index in [1.165, 1.54) is 22.5 Å². The van der Waals surface area contributed by atoms with Crippen LogP contribution in [0, 0.1) is 13.8 Å². The molecule has 2 aromatic carbocycles. The van der Waals surface area contributed by atoms with E-state index in [0.29, 0.717) is 0 Å². The predicted octanol–water partition coefficient (Wildman–Crippen LogP) is 4.69. The number of anilines is 2. The second kappa shape index (κ2) is 5.40. The fraction of sp³-hybridized carbons (Fsp3) is 0.250. The molecule has 1 nitrogen and oxygen atoms in total. The van der Waals surface area contributed by atoms with E-state index in [4.69, 9.17) is 0 Å². The minimum atomic E-state index is -0.570. The number of hydrogen-bond acceptors (Lipinski definition) is 1. The molecule has 0 saturated heterocycles. The predicted molar refractivity (Wildman–Crippen MR) is 82.0 cm³/mol. The van der Waals surface area contributed by atoms with Crippen LogP contribution in [0.2, 0.25) is 13.1 Å². The summed E-state index contributed by atoms with van der Waals surface area (Å²) in [5.41, 5.74) is 5.21. The van der Waals surface area contributed by atoms with Gasteiger partial charge in [0.15, 0.2) is 8.96 Å². The van der Waals surface area contributed by atoms with Gasteiger partial charge in [-0.25, -0.2) is 0 Å². The number of hydrogen-bond donors (Lipinski definition) is 0. The van der Waals surface area contributed by atoms with Gasteiger partial charge >= 0.3 is 0 Å². The van der Waals surface area contributed by atoms with Crippen molar-refractivity contribution < 1.29 is 0 Å². The van der Waals surface area contributed by atoms with Crippen LogP contribution in [0.15, 0.2) is 48.5 Å². The summed E-state index contributed by atoms with van der Waals surface area (Å²) in [5, 5.41) is 0. The van der Waals surface area contributed by atoms with E-state index in [2.05, 4.69) is 80.0 Å². The van der Waals surface area contributed by atoms with Crippen molar-refractivity contribution in [1.82, 2.24) is 0 Å². The lowest BCUT2D eigenvalue weighted by Crippen LogP contribution is -2.29. The number of benzene rings is 2. The Morgan fingerprint density at radius 1 is 0.667 bits per heavy atom. The summed E-state index contributed by atoms with van der Waals surface area (Å²) >= 11 is 0. The highest BCUT2D eigenvalue weighted by molar-refractivity contribution is 6.62. The van der Waals surface area contributed by atoms with Crippen LogP contribution in [0.5, 0.6) is 0 Å². The highest BCUT2D eigenvalue weighted by Gasteiger charge is 2.14. The van der Waals surface area contributed by atoms with Crippen molar-refractivity contribution in [3.63, 3.8) is 0 Å². The molecule has 93 valence electrons. The maximum Gasteiger partial charge on any atom is 0.169 e. The summed E-state index contributed by atoms with van der Waals surface area (Å²) in [5.74, 6) is 0. The van der Waals surface area contributed by atoms with E-state index < -0.39 is 8.96 Å². The maximum absolute atomic E-state index is 2.46. The first-order valence-electron chi connectivity index (χ1n) is 6.31. The fourth-order valence-corrected chi connectivity index (χ4v) is 3.38. The van der Waals surface area contributed by atoms with Gasteiger partial charge in [0.05, 0.1) is 0 Å². The first kappa shape index (κ1) is 12.9. The quantitative estimate of drug-likeness (QED) is 0.718. The Labute approximate surface area is 112 Å². The zero-order valence-corrected chi connectivity index (χ0v) is 12.6. The molecule has 2 heteroatoms. The molecule has 0 aliphatic heterocycles. The van der Waals surface area contributed by atoms with E-state index in [1.807, 2.05) is 0 Å². The minimum absolute atomic E-state index is 0.570. The van der Waals surface area contributed by atoms with E-state index in [1.54, 1.807) is 0 Å². The van der Waals surface area contributed by atoms with Gasteiger partial charge in [0.1, 0.15) is 0 Å². The lowest BCUT2D eigenvalue weighted by atomic mass is 10.2. The molecule has 0 saturated carbocycles. The highest BCUT2D eigenvalue weighted by Crippen LogP contribution is 2.27. The smallest absolute Gasteiger partial charge is 0.169 e. The monoisotopic (exact) mass is 254 g/mol. The lowest BCUT2D eigenvalue weighted by Gasteiger charge is -2.28. The molecule has 0 heterocycles. The lowest BCUT2D eigenvalue weighted by molar-refractivity contribution is 1.33. The van der Waals surface area contributed by atoms with Gasteiger partial charge in [-0.2, -0.15) is 0 Å². The Morgan fingerprint density at radius 3 is 1.28 bits per heavy atom. The Balaban J connectivity index is 2.39. The van der Waals surface area contributed by atoms with Crippen molar-refractivity contribution in [2.24, 2.45) is 0 Å². The Morgan fingerprint density at radius 2 is 1.00 bits per heavy atom. The van der Waals surface area contributed by atoms with E-state index >= 15 is 0 Å². The molecule has 0 aliphatic carbocycles. The molecule has 2 rings (SSSR count). The summed E-state index contributed by atoms with van der Waals surface area (Å²) < 4.78 is 2.46. The van der Waals surface area contributed by atoms with Crippen molar-refractivity contribution in [2.75, 3.05) is 4.57 Å². The average molecular weight is 254 g/mol. The molecule has 0 fully saturated rings. The second-order valence-corrected chi connectivity index (χ2v) is 7.30. The summed E-state index contributed by atoms with van der Waals surface area (Å²) in [4.78, 5) is 0.